The zero-order valence-electron chi connectivity index (χ0n) is 10.7. The molecule has 2 heteroatoms. The van der Waals surface area contributed by atoms with Crippen LogP contribution < -0.4 is 0 Å². The van der Waals surface area contributed by atoms with Gasteiger partial charge in [0, 0.05) is 11.5 Å². The van der Waals surface area contributed by atoms with E-state index >= 15 is 0 Å². The van der Waals surface area contributed by atoms with Crippen molar-refractivity contribution in [2.75, 3.05) is 0 Å². The smallest absolute Gasteiger partial charge is 0.166 e. The molecular weight excluding hydrogens is 236 g/mol. The van der Waals surface area contributed by atoms with Gasteiger partial charge >= 0.3 is 0 Å². The van der Waals surface area contributed by atoms with E-state index in [4.69, 9.17) is 0 Å². The number of carbonyl (C=O) groups excluding carboxylic acids is 1. The van der Waals surface area contributed by atoms with Crippen LogP contribution in [0.25, 0.3) is 0 Å². The average molecular weight is 252 g/mol. The second-order valence-corrected chi connectivity index (χ2v) is 5.13. The summed E-state index contributed by atoms with van der Waals surface area (Å²) < 4.78 is 0. The Morgan fingerprint density at radius 3 is 2.58 bits per heavy atom. The predicted octanol–water partition coefficient (Wildman–Crippen LogP) is 3.38. The van der Waals surface area contributed by atoms with Crippen LogP contribution in [0, 0.1) is 5.92 Å². The fourth-order valence-electron chi connectivity index (χ4n) is 2.77. The normalized spacial score (nSPS) is 18.1. The molecule has 0 bridgehead atoms. The van der Waals surface area contributed by atoms with Crippen molar-refractivity contribution >= 4 is 5.78 Å². The minimum absolute atomic E-state index is 0.0689. The maximum absolute atomic E-state index is 12.4. The summed E-state index contributed by atoms with van der Waals surface area (Å²) in [7, 11) is 0. The van der Waals surface area contributed by atoms with Gasteiger partial charge in [0.2, 0.25) is 0 Å². The number of hydrogen-bond donors (Lipinski definition) is 1. The van der Waals surface area contributed by atoms with E-state index in [0.29, 0.717) is 0 Å². The molecule has 0 saturated carbocycles. The standard InChI is InChI=1S/C17H16O2/c18-15-9-5-12(6-10-15)11-14-8-7-13-3-1-2-4-16(13)17(14)19/h1-6,9-10,14,18H,7-8,11H2. The number of hydrogen-bond acceptors (Lipinski definition) is 2. The van der Waals surface area contributed by atoms with Crippen molar-refractivity contribution in [2.24, 2.45) is 5.92 Å². The number of fused-ring (bicyclic) bond motifs is 1. The van der Waals surface area contributed by atoms with Crippen LogP contribution in [0.2, 0.25) is 0 Å². The molecule has 0 heterocycles. The van der Waals surface area contributed by atoms with Crippen LogP contribution >= 0.6 is 0 Å². The first kappa shape index (κ1) is 12.0. The minimum Gasteiger partial charge on any atom is -0.508 e. The first-order chi connectivity index (χ1) is 9.24. The maximum atomic E-state index is 12.4. The summed E-state index contributed by atoms with van der Waals surface area (Å²) in [5.74, 6) is 0.596. The molecule has 2 nitrogen and oxygen atoms in total. The molecule has 0 radical (unpaired) electrons. The van der Waals surface area contributed by atoms with Gasteiger partial charge in [0.05, 0.1) is 0 Å². The third-order valence-corrected chi connectivity index (χ3v) is 3.83. The SMILES string of the molecule is O=C1c2ccccc2CCC1Cc1ccc(O)cc1. The molecule has 1 atom stereocenters. The number of Topliss-reactive ketones (excluding diaryl/α,β-unsaturated/α-hetero) is 1. The number of carbonyl (C=O) groups is 1. The number of aromatic hydroxyl groups is 1. The first-order valence-corrected chi connectivity index (χ1v) is 6.64. The summed E-state index contributed by atoms with van der Waals surface area (Å²) in [6, 6.07) is 15.0. The van der Waals surface area contributed by atoms with Crippen molar-refractivity contribution < 1.29 is 9.90 Å². The highest BCUT2D eigenvalue weighted by molar-refractivity contribution is 6.00. The third-order valence-electron chi connectivity index (χ3n) is 3.83. The molecule has 3 rings (SSSR count). The van der Waals surface area contributed by atoms with Gasteiger partial charge in [-0.25, -0.2) is 0 Å². The van der Waals surface area contributed by atoms with Crippen molar-refractivity contribution in [3.63, 3.8) is 0 Å². The van der Waals surface area contributed by atoms with Gasteiger partial charge in [-0.3, -0.25) is 4.79 Å². The Bertz CT molecular complexity index is 599. The van der Waals surface area contributed by atoms with Crippen LogP contribution in [0.1, 0.15) is 27.9 Å². The summed E-state index contributed by atoms with van der Waals surface area (Å²) in [5, 5.41) is 9.28. The van der Waals surface area contributed by atoms with Crippen molar-refractivity contribution in [3.05, 3.63) is 65.2 Å². The minimum atomic E-state index is 0.0689. The number of ketones is 1. The van der Waals surface area contributed by atoms with E-state index in [1.165, 1.54) is 5.56 Å². The van der Waals surface area contributed by atoms with E-state index in [2.05, 4.69) is 0 Å². The number of phenolic OH excluding ortho intramolecular Hbond substituents is 1. The van der Waals surface area contributed by atoms with E-state index in [1.807, 2.05) is 36.4 Å². The summed E-state index contributed by atoms with van der Waals surface area (Å²) in [6.45, 7) is 0. The highest BCUT2D eigenvalue weighted by Gasteiger charge is 2.26. The zero-order chi connectivity index (χ0) is 13.2. The summed E-state index contributed by atoms with van der Waals surface area (Å²) in [5.41, 5.74) is 3.17. The van der Waals surface area contributed by atoms with Gasteiger partial charge in [-0.05, 0) is 42.5 Å². The van der Waals surface area contributed by atoms with E-state index in [1.54, 1.807) is 12.1 Å². The van der Waals surface area contributed by atoms with Crippen molar-refractivity contribution in [1.29, 1.82) is 0 Å². The van der Waals surface area contributed by atoms with Crippen molar-refractivity contribution in [3.8, 4) is 5.75 Å². The van der Waals surface area contributed by atoms with Gasteiger partial charge in [0.15, 0.2) is 5.78 Å². The van der Waals surface area contributed by atoms with Crippen molar-refractivity contribution in [2.45, 2.75) is 19.3 Å². The Balaban J connectivity index is 1.81. The largest absolute Gasteiger partial charge is 0.508 e. The number of phenols is 1. The second kappa shape index (κ2) is 4.88. The molecule has 0 saturated heterocycles. The Morgan fingerprint density at radius 2 is 1.79 bits per heavy atom. The highest BCUT2D eigenvalue weighted by Crippen LogP contribution is 2.28. The lowest BCUT2D eigenvalue weighted by Crippen LogP contribution is -2.24. The lowest BCUT2D eigenvalue weighted by molar-refractivity contribution is 0.0901. The fraction of sp³-hybridized carbons (Fsp3) is 0.235. The number of rotatable bonds is 2. The second-order valence-electron chi connectivity index (χ2n) is 5.13. The van der Waals surface area contributed by atoms with Crippen LogP contribution in [0.15, 0.2) is 48.5 Å². The highest BCUT2D eigenvalue weighted by atomic mass is 16.3. The molecule has 0 aromatic heterocycles. The predicted molar refractivity (Wildman–Crippen MR) is 74.4 cm³/mol. The number of aryl methyl sites for hydroxylation is 1. The fourth-order valence-corrected chi connectivity index (χ4v) is 2.77. The summed E-state index contributed by atoms with van der Waals surface area (Å²) in [6.07, 6.45) is 2.65. The summed E-state index contributed by atoms with van der Waals surface area (Å²) >= 11 is 0. The Hall–Kier alpha value is -2.09. The topological polar surface area (TPSA) is 37.3 Å². The molecule has 0 amide bonds. The molecule has 0 fully saturated rings. The average Bonchev–Trinajstić information content (AvgIpc) is 2.45. The molecule has 96 valence electrons. The van der Waals surface area contributed by atoms with Crippen LogP contribution in [0.3, 0.4) is 0 Å². The summed E-state index contributed by atoms with van der Waals surface area (Å²) in [4.78, 5) is 12.4. The van der Waals surface area contributed by atoms with Crippen LogP contribution in [0.4, 0.5) is 0 Å². The molecule has 1 aliphatic carbocycles. The Labute approximate surface area is 112 Å². The number of benzene rings is 2. The van der Waals surface area contributed by atoms with Gasteiger partial charge in [-0.2, -0.15) is 0 Å². The van der Waals surface area contributed by atoms with E-state index in [0.717, 1.165) is 30.4 Å². The van der Waals surface area contributed by atoms with Gasteiger partial charge in [0.25, 0.3) is 0 Å². The van der Waals surface area contributed by atoms with E-state index in [9.17, 15) is 9.90 Å². The van der Waals surface area contributed by atoms with Gasteiger partial charge < -0.3 is 5.11 Å². The third kappa shape index (κ3) is 2.39. The van der Waals surface area contributed by atoms with Crippen LogP contribution in [-0.4, -0.2) is 10.9 Å². The quantitative estimate of drug-likeness (QED) is 0.889. The molecule has 1 aliphatic rings. The molecular formula is C17H16O2. The van der Waals surface area contributed by atoms with Gasteiger partial charge in [0.1, 0.15) is 5.75 Å². The van der Waals surface area contributed by atoms with E-state index in [-0.39, 0.29) is 17.5 Å². The molecule has 1 N–H and O–H groups in total. The van der Waals surface area contributed by atoms with Crippen LogP contribution in [0.5, 0.6) is 5.75 Å². The van der Waals surface area contributed by atoms with Gasteiger partial charge in [-0.1, -0.05) is 36.4 Å². The Morgan fingerprint density at radius 1 is 1.05 bits per heavy atom. The van der Waals surface area contributed by atoms with Crippen molar-refractivity contribution in [1.82, 2.24) is 0 Å². The van der Waals surface area contributed by atoms with E-state index < -0.39 is 0 Å². The maximum Gasteiger partial charge on any atom is 0.166 e. The Kier molecular flexibility index (Phi) is 3.08. The molecule has 19 heavy (non-hydrogen) atoms. The molecule has 0 spiro atoms. The first-order valence-electron chi connectivity index (χ1n) is 6.64. The molecule has 1 unspecified atom stereocenters. The zero-order valence-corrected chi connectivity index (χ0v) is 10.7. The molecule has 2 aromatic rings. The lowest BCUT2D eigenvalue weighted by Gasteiger charge is -2.23. The molecule has 2 aromatic carbocycles. The van der Waals surface area contributed by atoms with Gasteiger partial charge in [-0.15, -0.1) is 0 Å². The monoisotopic (exact) mass is 252 g/mol. The van der Waals surface area contributed by atoms with Crippen LogP contribution in [-0.2, 0) is 12.8 Å². The molecule has 0 aliphatic heterocycles. The lowest BCUT2D eigenvalue weighted by atomic mass is 9.80.